The maximum absolute atomic E-state index is 13.2. The molecule has 2 aromatic carbocycles. The molecule has 0 aliphatic heterocycles. The molecule has 3 aromatic rings. The van der Waals surface area contributed by atoms with Crippen LogP contribution in [0.2, 0.25) is 0 Å². The molecule has 26 heavy (non-hydrogen) atoms. The van der Waals surface area contributed by atoms with Crippen molar-refractivity contribution in [1.29, 1.82) is 0 Å². The minimum Gasteiger partial charge on any atom is -0.497 e. The minimum absolute atomic E-state index is 0.0826. The maximum Gasteiger partial charge on any atom is 0.303 e. The molecule has 1 heterocycles. The molecule has 0 bridgehead atoms. The van der Waals surface area contributed by atoms with Gasteiger partial charge in [-0.1, -0.05) is 18.2 Å². The van der Waals surface area contributed by atoms with Crippen molar-refractivity contribution < 1.29 is 23.1 Å². The zero-order valence-corrected chi connectivity index (χ0v) is 15.3. The lowest BCUT2D eigenvalue weighted by Crippen LogP contribution is -2.13. The highest BCUT2D eigenvalue weighted by molar-refractivity contribution is 7.90. The van der Waals surface area contributed by atoms with Gasteiger partial charge in [0, 0.05) is 18.0 Å². The van der Waals surface area contributed by atoms with Crippen LogP contribution < -0.4 is 4.74 Å². The molecule has 3 rings (SSSR count). The first-order valence-corrected chi connectivity index (χ1v) is 9.49. The lowest BCUT2D eigenvalue weighted by molar-refractivity contribution is -0.136. The van der Waals surface area contributed by atoms with E-state index in [1.165, 1.54) is 17.3 Å². The van der Waals surface area contributed by atoms with Crippen molar-refractivity contribution in [3.05, 3.63) is 59.8 Å². The average Bonchev–Trinajstić information content (AvgIpc) is 2.98. The SMILES string of the molecule is COc1ccc2c(c1)c(CCC(=O)O)cn2S(=O)(=O)c1ccccc1C. The molecule has 0 aliphatic rings. The lowest BCUT2D eigenvalue weighted by atomic mass is 10.1. The van der Waals surface area contributed by atoms with Gasteiger partial charge in [0.1, 0.15) is 5.75 Å². The van der Waals surface area contributed by atoms with Crippen LogP contribution in [0, 0.1) is 6.92 Å². The van der Waals surface area contributed by atoms with Gasteiger partial charge in [-0.15, -0.1) is 0 Å². The number of carboxylic acids is 1. The fourth-order valence-electron chi connectivity index (χ4n) is 2.96. The van der Waals surface area contributed by atoms with Crippen molar-refractivity contribution in [3.8, 4) is 5.75 Å². The van der Waals surface area contributed by atoms with E-state index in [-0.39, 0.29) is 17.7 Å². The molecule has 0 aliphatic carbocycles. The van der Waals surface area contributed by atoms with Crippen LogP contribution in [0.25, 0.3) is 10.9 Å². The van der Waals surface area contributed by atoms with Crippen molar-refractivity contribution in [2.45, 2.75) is 24.7 Å². The summed E-state index contributed by atoms with van der Waals surface area (Å²) in [4.78, 5) is 11.2. The first-order chi connectivity index (χ1) is 12.3. The molecule has 1 N–H and O–H groups in total. The van der Waals surface area contributed by atoms with E-state index in [1.807, 2.05) is 0 Å². The molecule has 1 aromatic heterocycles. The predicted octanol–water partition coefficient (Wildman–Crippen LogP) is 3.21. The summed E-state index contributed by atoms with van der Waals surface area (Å²) in [5, 5.41) is 9.65. The second kappa shape index (κ2) is 6.84. The quantitative estimate of drug-likeness (QED) is 0.717. The zero-order valence-electron chi connectivity index (χ0n) is 14.5. The van der Waals surface area contributed by atoms with Gasteiger partial charge in [0.05, 0.1) is 17.5 Å². The summed E-state index contributed by atoms with van der Waals surface area (Å²) in [7, 11) is -2.28. The molecule has 6 nitrogen and oxygen atoms in total. The molecule has 0 unspecified atom stereocenters. The maximum atomic E-state index is 13.2. The Labute approximate surface area is 151 Å². The highest BCUT2D eigenvalue weighted by Gasteiger charge is 2.23. The minimum atomic E-state index is -3.81. The van der Waals surface area contributed by atoms with E-state index in [2.05, 4.69) is 0 Å². The van der Waals surface area contributed by atoms with Gasteiger partial charge in [-0.05, 0) is 48.7 Å². The summed E-state index contributed by atoms with van der Waals surface area (Å²) in [6.45, 7) is 1.74. The molecule has 0 saturated heterocycles. The highest BCUT2D eigenvalue weighted by atomic mass is 32.2. The number of hydrogen-bond acceptors (Lipinski definition) is 4. The third-order valence-corrected chi connectivity index (χ3v) is 6.13. The van der Waals surface area contributed by atoms with E-state index in [9.17, 15) is 13.2 Å². The number of carboxylic acid groups (broad SMARTS) is 1. The van der Waals surface area contributed by atoms with Crippen LogP contribution in [0.1, 0.15) is 17.5 Å². The summed E-state index contributed by atoms with van der Waals surface area (Å²) < 4.78 is 32.8. The van der Waals surface area contributed by atoms with Gasteiger partial charge in [0.2, 0.25) is 0 Å². The van der Waals surface area contributed by atoms with Crippen molar-refractivity contribution in [2.24, 2.45) is 0 Å². The number of nitrogens with zero attached hydrogens (tertiary/aromatic N) is 1. The Bertz CT molecular complexity index is 1080. The monoisotopic (exact) mass is 373 g/mol. The molecule has 136 valence electrons. The van der Waals surface area contributed by atoms with Gasteiger partial charge in [-0.2, -0.15) is 0 Å². The largest absolute Gasteiger partial charge is 0.497 e. The number of ether oxygens (including phenoxy) is 1. The molecular formula is C19H19NO5S. The van der Waals surface area contributed by atoms with E-state index < -0.39 is 16.0 Å². The predicted molar refractivity (Wildman–Crippen MR) is 98.2 cm³/mol. The normalized spacial score (nSPS) is 11.6. The molecular weight excluding hydrogens is 354 g/mol. The smallest absolute Gasteiger partial charge is 0.303 e. The number of carbonyl (C=O) groups is 1. The van der Waals surface area contributed by atoms with Crippen molar-refractivity contribution in [3.63, 3.8) is 0 Å². The molecule has 0 atom stereocenters. The van der Waals surface area contributed by atoms with E-state index >= 15 is 0 Å². The van der Waals surface area contributed by atoms with E-state index in [1.54, 1.807) is 49.4 Å². The van der Waals surface area contributed by atoms with Crippen LogP contribution in [-0.4, -0.2) is 30.6 Å². The van der Waals surface area contributed by atoms with Crippen LogP contribution in [-0.2, 0) is 21.2 Å². The van der Waals surface area contributed by atoms with E-state index in [4.69, 9.17) is 9.84 Å². The van der Waals surface area contributed by atoms with Crippen molar-refractivity contribution >= 4 is 26.9 Å². The van der Waals surface area contributed by atoms with Gasteiger partial charge in [0.15, 0.2) is 0 Å². The Hall–Kier alpha value is -2.80. The highest BCUT2D eigenvalue weighted by Crippen LogP contribution is 2.30. The van der Waals surface area contributed by atoms with Gasteiger partial charge < -0.3 is 9.84 Å². The molecule has 0 radical (unpaired) electrons. The Morgan fingerprint density at radius 2 is 1.92 bits per heavy atom. The second-order valence-electron chi connectivity index (χ2n) is 6.00. The fourth-order valence-corrected chi connectivity index (χ4v) is 4.59. The van der Waals surface area contributed by atoms with Crippen molar-refractivity contribution in [1.82, 2.24) is 3.97 Å². The number of hydrogen-bond donors (Lipinski definition) is 1. The van der Waals surface area contributed by atoms with Gasteiger partial charge in [0.25, 0.3) is 10.0 Å². The number of rotatable bonds is 6. The Balaban J connectivity index is 2.23. The first kappa shape index (κ1) is 18.0. The van der Waals surface area contributed by atoms with E-state index in [0.717, 1.165) is 0 Å². The Morgan fingerprint density at radius 3 is 2.58 bits per heavy atom. The summed E-state index contributed by atoms with van der Waals surface area (Å²) >= 11 is 0. The third kappa shape index (κ3) is 3.17. The average molecular weight is 373 g/mol. The Kier molecular flexibility index (Phi) is 4.73. The van der Waals surface area contributed by atoms with Gasteiger partial charge >= 0.3 is 5.97 Å². The van der Waals surface area contributed by atoms with Crippen LogP contribution in [0.5, 0.6) is 5.75 Å². The molecule has 0 saturated carbocycles. The first-order valence-electron chi connectivity index (χ1n) is 8.05. The number of methoxy groups -OCH3 is 1. The van der Waals surface area contributed by atoms with Crippen LogP contribution in [0.4, 0.5) is 0 Å². The lowest BCUT2D eigenvalue weighted by Gasteiger charge is -2.10. The van der Waals surface area contributed by atoms with Crippen LogP contribution >= 0.6 is 0 Å². The summed E-state index contributed by atoms with van der Waals surface area (Å²) in [5.74, 6) is -0.351. The summed E-state index contributed by atoms with van der Waals surface area (Å²) in [6, 6.07) is 11.9. The number of benzene rings is 2. The third-order valence-electron chi connectivity index (χ3n) is 4.30. The van der Waals surface area contributed by atoms with Crippen LogP contribution in [0.3, 0.4) is 0 Å². The zero-order chi connectivity index (χ0) is 18.9. The van der Waals surface area contributed by atoms with Gasteiger partial charge in [-0.3, -0.25) is 4.79 Å². The van der Waals surface area contributed by atoms with Crippen molar-refractivity contribution in [2.75, 3.05) is 7.11 Å². The molecule has 0 spiro atoms. The molecule has 0 amide bonds. The number of fused-ring (bicyclic) bond motifs is 1. The Morgan fingerprint density at radius 1 is 1.19 bits per heavy atom. The number of aromatic nitrogens is 1. The number of aryl methyl sites for hydroxylation is 2. The van der Waals surface area contributed by atoms with Gasteiger partial charge in [-0.25, -0.2) is 12.4 Å². The summed E-state index contributed by atoms with van der Waals surface area (Å²) in [6.07, 6.45) is 1.66. The standard InChI is InChI=1S/C19H19NO5S/c1-13-5-3-4-6-18(13)26(23,24)20-12-14(7-10-19(21)22)16-11-15(25-2)8-9-17(16)20/h3-6,8-9,11-12H,7,10H2,1-2H3,(H,21,22). The topological polar surface area (TPSA) is 85.6 Å². The molecule has 0 fully saturated rings. The second-order valence-corrected chi connectivity index (χ2v) is 7.78. The fraction of sp³-hybridized carbons (Fsp3) is 0.211. The van der Waals surface area contributed by atoms with Crippen LogP contribution in [0.15, 0.2) is 53.6 Å². The molecule has 7 heteroatoms. The number of aliphatic carboxylic acids is 1. The van der Waals surface area contributed by atoms with E-state index in [0.29, 0.717) is 27.8 Å². The summed E-state index contributed by atoms with van der Waals surface area (Å²) in [5.41, 5.74) is 1.79.